The number of imidazole rings is 1. The van der Waals surface area contributed by atoms with Crippen molar-refractivity contribution in [3.8, 4) is 0 Å². The van der Waals surface area contributed by atoms with Gasteiger partial charge in [-0.3, -0.25) is 0 Å². The number of hydrogen-bond donors (Lipinski definition) is 1. The monoisotopic (exact) mass is 285 g/mol. The van der Waals surface area contributed by atoms with Gasteiger partial charge in [0.15, 0.2) is 5.82 Å². The van der Waals surface area contributed by atoms with Gasteiger partial charge in [-0.2, -0.15) is 0 Å². The SMILES string of the molecule is CC(C)N1C=CCc2nc(N)c3nc4n(c3c21)CCOC4. The summed E-state index contributed by atoms with van der Waals surface area (Å²) in [6, 6.07) is 0.361. The van der Waals surface area contributed by atoms with Gasteiger partial charge in [-0.1, -0.05) is 6.08 Å². The summed E-state index contributed by atoms with van der Waals surface area (Å²) in [7, 11) is 0. The van der Waals surface area contributed by atoms with Crippen molar-refractivity contribution in [2.75, 3.05) is 17.2 Å². The molecule has 6 nitrogen and oxygen atoms in total. The third-order valence-corrected chi connectivity index (χ3v) is 4.12. The van der Waals surface area contributed by atoms with E-state index in [0.29, 0.717) is 25.1 Å². The highest BCUT2D eigenvalue weighted by Crippen LogP contribution is 2.37. The van der Waals surface area contributed by atoms with Gasteiger partial charge in [-0.15, -0.1) is 0 Å². The average Bonchev–Trinajstić information content (AvgIpc) is 2.87. The number of nitrogens with zero attached hydrogens (tertiary/aromatic N) is 4. The van der Waals surface area contributed by atoms with Gasteiger partial charge in [-0.05, 0) is 13.8 Å². The van der Waals surface area contributed by atoms with Gasteiger partial charge in [0.05, 0.1) is 23.5 Å². The fraction of sp³-hybridized carbons (Fsp3) is 0.467. The lowest BCUT2D eigenvalue weighted by Crippen LogP contribution is -2.29. The number of fused-ring (bicyclic) bond motifs is 5. The number of hydrogen-bond acceptors (Lipinski definition) is 5. The minimum Gasteiger partial charge on any atom is -0.382 e. The Morgan fingerprint density at radius 1 is 1.33 bits per heavy atom. The Morgan fingerprint density at radius 2 is 2.19 bits per heavy atom. The zero-order valence-corrected chi connectivity index (χ0v) is 12.3. The summed E-state index contributed by atoms with van der Waals surface area (Å²) in [6.45, 7) is 6.43. The molecule has 2 aliphatic heterocycles. The van der Waals surface area contributed by atoms with Crippen LogP contribution in [-0.4, -0.2) is 27.2 Å². The summed E-state index contributed by atoms with van der Waals surface area (Å²) >= 11 is 0. The smallest absolute Gasteiger partial charge is 0.152 e. The van der Waals surface area contributed by atoms with Crippen LogP contribution >= 0.6 is 0 Å². The molecule has 2 aliphatic rings. The first-order chi connectivity index (χ1) is 10.2. The van der Waals surface area contributed by atoms with E-state index in [2.05, 4.69) is 45.6 Å². The number of nitrogen functional groups attached to an aromatic ring is 1. The molecular weight excluding hydrogens is 266 g/mol. The quantitative estimate of drug-likeness (QED) is 0.865. The van der Waals surface area contributed by atoms with Crippen molar-refractivity contribution >= 4 is 22.5 Å². The van der Waals surface area contributed by atoms with Crippen LogP contribution in [0.3, 0.4) is 0 Å². The van der Waals surface area contributed by atoms with E-state index in [-0.39, 0.29) is 0 Å². The number of nitrogens with two attached hydrogens (primary N) is 1. The molecule has 2 N–H and O–H groups in total. The summed E-state index contributed by atoms with van der Waals surface area (Å²) in [5.74, 6) is 1.46. The predicted octanol–water partition coefficient (Wildman–Crippen LogP) is 1.83. The zero-order valence-electron chi connectivity index (χ0n) is 12.3. The summed E-state index contributed by atoms with van der Waals surface area (Å²) in [6.07, 6.45) is 5.09. The van der Waals surface area contributed by atoms with Crippen LogP contribution in [0.15, 0.2) is 12.3 Å². The van der Waals surface area contributed by atoms with Gasteiger partial charge in [0.1, 0.15) is 17.9 Å². The normalized spacial score (nSPS) is 17.4. The Bertz CT molecular complexity index is 746. The van der Waals surface area contributed by atoms with E-state index in [4.69, 9.17) is 10.5 Å². The molecule has 2 aromatic rings. The molecule has 0 unspecified atom stereocenters. The standard InChI is InChI=1S/C15H19N5O/c1-9(2)19-5-3-4-10-13(19)14-12(15(16)17-10)18-11-8-21-7-6-20(11)14/h3,5,9H,4,6-8H2,1-2H3,(H2,16,17). The number of allylic oxidation sites excluding steroid dienone is 1. The van der Waals surface area contributed by atoms with E-state index >= 15 is 0 Å². The predicted molar refractivity (Wildman–Crippen MR) is 82.1 cm³/mol. The van der Waals surface area contributed by atoms with Crippen molar-refractivity contribution < 1.29 is 4.74 Å². The second-order valence-electron chi connectivity index (χ2n) is 5.81. The summed E-state index contributed by atoms with van der Waals surface area (Å²) in [4.78, 5) is 11.5. The third kappa shape index (κ3) is 1.75. The Kier molecular flexibility index (Phi) is 2.68. The van der Waals surface area contributed by atoms with Gasteiger partial charge in [0.25, 0.3) is 0 Å². The summed E-state index contributed by atoms with van der Waals surface area (Å²) in [5, 5.41) is 0. The molecular formula is C15H19N5O. The van der Waals surface area contributed by atoms with Crippen LogP contribution in [0.1, 0.15) is 25.4 Å². The van der Waals surface area contributed by atoms with Crippen LogP contribution in [0.4, 0.5) is 11.5 Å². The minimum absolute atomic E-state index is 0.361. The first kappa shape index (κ1) is 12.6. The maximum atomic E-state index is 6.14. The van der Waals surface area contributed by atoms with E-state index < -0.39 is 0 Å². The number of rotatable bonds is 1. The van der Waals surface area contributed by atoms with Crippen LogP contribution in [0, 0.1) is 0 Å². The van der Waals surface area contributed by atoms with Crippen molar-refractivity contribution in [2.24, 2.45) is 0 Å². The van der Waals surface area contributed by atoms with E-state index in [9.17, 15) is 0 Å². The van der Waals surface area contributed by atoms with Gasteiger partial charge in [-0.25, -0.2) is 9.97 Å². The molecule has 21 heavy (non-hydrogen) atoms. The van der Waals surface area contributed by atoms with Crippen LogP contribution in [0.25, 0.3) is 11.0 Å². The Labute approximate surface area is 123 Å². The highest BCUT2D eigenvalue weighted by molar-refractivity contribution is 5.97. The molecule has 6 heteroatoms. The van der Waals surface area contributed by atoms with Gasteiger partial charge >= 0.3 is 0 Å². The number of anilines is 2. The first-order valence-corrected chi connectivity index (χ1v) is 7.37. The second-order valence-corrected chi connectivity index (χ2v) is 5.81. The highest BCUT2D eigenvalue weighted by atomic mass is 16.5. The van der Waals surface area contributed by atoms with Crippen LogP contribution in [0.5, 0.6) is 0 Å². The second kappa shape index (κ2) is 4.46. The molecule has 4 rings (SSSR count). The molecule has 0 aliphatic carbocycles. The molecule has 4 heterocycles. The Morgan fingerprint density at radius 3 is 3.00 bits per heavy atom. The molecule has 0 spiro atoms. The van der Waals surface area contributed by atoms with Gasteiger partial charge in [0, 0.05) is 25.2 Å². The van der Waals surface area contributed by atoms with E-state index in [1.165, 1.54) is 0 Å². The van der Waals surface area contributed by atoms with Crippen LogP contribution in [-0.2, 0) is 24.3 Å². The van der Waals surface area contributed by atoms with Crippen LogP contribution < -0.4 is 10.6 Å². The number of aromatic nitrogens is 3. The largest absolute Gasteiger partial charge is 0.382 e. The lowest BCUT2D eigenvalue weighted by molar-refractivity contribution is 0.0831. The van der Waals surface area contributed by atoms with E-state index in [0.717, 1.165) is 41.2 Å². The average molecular weight is 285 g/mol. The molecule has 0 saturated carbocycles. The minimum atomic E-state index is 0.361. The topological polar surface area (TPSA) is 69.2 Å². The number of ether oxygens (including phenoxy) is 1. The molecule has 0 amide bonds. The fourth-order valence-electron chi connectivity index (χ4n) is 3.17. The molecule has 0 saturated heterocycles. The van der Waals surface area contributed by atoms with Crippen molar-refractivity contribution in [2.45, 2.75) is 39.5 Å². The van der Waals surface area contributed by atoms with Gasteiger partial charge in [0.2, 0.25) is 0 Å². The fourth-order valence-corrected chi connectivity index (χ4v) is 3.17. The number of pyridine rings is 1. The lowest BCUT2D eigenvalue weighted by atomic mass is 10.1. The first-order valence-electron chi connectivity index (χ1n) is 7.37. The van der Waals surface area contributed by atoms with E-state index in [1.807, 2.05) is 0 Å². The van der Waals surface area contributed by atoms with Crippen molar-refractivity contribution in [1.82, 2.24) is 14.5 Å². The molecule has 0 bridgehead atoms. The molecule has 2 aromatic heterocycles. The molecule has 0 aromatic carbocycles. The Hall–Kier alpha value is -2.08. The maximum Gasteiger partial charge on any atom is 0.152 e. The molecule has 0 radical (unpaired) electrons. The zero-order chi connectivity index (χ0) is 14.6. The summed E-state index contributed by atoms with van der Waals surface area (Å²) < 4.78 is 7.75. The van der Waals surface area contributed by atoms with E-state index in [1.54, 1.807) is 0 Å². The molecule has 110 valence electrons. The lowest BCUT2D eigenvalue weighted by Gasteiger charge is -2.31. The molecule has 0 fully saturated rings. The summed E-state index contributed by atoms with van der Waals surface area (Å²) in [5.41, 5.74) is 10.2. The van der Waals surface area contributed by atoms with Gasteiger partial charge < -0.3 is 19.9 Å². The maximum absolute atomic E-state index is 6.14. The highest BCUT2D eigenvalue weighted by Gasteiger charge is 2.27. The van der Waals surface area contributed by atoms with Crippen molar-refractivity contribution in [1.29, 1.82) is 0 Å². The third-order valence-electron chi connectivity index (χ3n) is 4.12. The Balaban J connectivity index is 2.07. The van der Waals surface area contributed by atoms with Crippen LogP contribution in [0.2, 0.25) is 0 Å². The van der Waals surface area contributed by atoms with Crippen molar-refractivity contribution in [3.63, 3.8) is 0 Å². The van der Waals surface area contributed by atoms with Crippen molar-refractivity contribution in [3.05, 3.63) is 23.8 Å². The molecule has 0 atom stereocenters.